The fourth-order valence-electron chi connectivity index (χ4n) is 3.90. The first kappa shape index (κ1) is 20.3. The number of aromatic nitrogens is 3. The van der Waals surface area contributed by atoms with E-state index in [2.05, 4.69) is 20.3 Å². The molecule has 0 bridgehead atoms. The lowest BCUT2D eigenvalue weighted by molar-refractivity contribution is 0.0630. The van der Waals surface area contributed by atoms with Gasteiger partial charge in [0.25, 0.3) is 5.91 Å². The van der Waals surface area contributed by atoms with Crippen molar-refractivity contribution < 1.29 is 9.59 Å². The molecule has 30 heavy (non-hydrogen) atoms. The van der Waals surface area contributed by atoms with Gasteiger partial charge in [-0.15, -0.1) is 0 Å². The molecule has 1 fully saturated rings. The van der Waals surface area contributed by atoms with E-state index in [4.69, 9.17) is 11.6 Å². The Morgan fingerprint density at radius 1 is 1.37 bits per heavy atom. The molecule has 4 rings (SSSR count). The van der Waals surface area contributed by atoms with Gasteiger partial charge in [-0.25, -0.2) is 9.78 Å². The molecule has 0 saturated carbocycles. The van der Waals surface area contributed by atoms with Gasteiger partial charge in [0.2, 0.25) is 0 Å². The molecule has 9 heteroatoms. The molecule has 2 aromatic heterocycles. The molecule has 0 spiro atoms. The van der Waals surface area contributed by atoms with Crippen LogP contribution in [0.5, 0.6) is 0 Å². The van der Waals surface area contributed by atoms with Gasteiger partial charge in [0.05, 0.1) is 18.9 Å². The molecule has 158 valence electrons. The number of fused-ring (bicyclic) bond motifs is 1. The van der Waals surface area contributed by atoms with E-state index < -0.39 is 0 Å². The Morgan fingerprint density at radius 3 is 2.97 bits per heavy atom. The number of nitrogens with zero attached hydrogens (tertiary/aromatic N) is 3. The van der Waals surface area contributed by atoms with E-state index in [-0.39, 0.29) is 18.0 Å². The van der Waals surface area contributed by atoms with Crippen molar-refractivity contribution in [1.82, 2.24) is 30.1 Å². The fraction of sp³-hybridized carbons (Fsp3) is 0.381. The van der Waals surface area contributed by atoms with Crippen LogP contribution in [-0.2, 0) is 6.54 Å². The molecule has 1 saturated heterocycles. The summed E-state index contributed by atoms with van der Waals surface area (Å²) in [5, 5.41) is 4.64. The number of piperidine rings is 1. The number of carbonyl (C=O) groups is 2. The minimum atomic E-state index is -0.165. The zero-order chi connectivity index (χ0) is 21.3. The van der Waals surface area contributed by atoms with Crippen LogP contribution in [-0.4, -0.2) is 62.9 Å². The fourth-order valence-corrected chi connectivity index (χ4v) is 4.08. The van der Waals surface area contributed by atoms with Crippen molar-refractivity contribution in [3.05, 3.63) is 52.7 Å². The zero-order valence-corrected chi connectivity index (χ0v) is 17.8. The van der Waals surface area contributed by atoms with E-state index in [0.29, 0.717) is 30.4 Å². The third kappa shape index (κ3) is 4.14. The second-order valence-electron chi connectivity index (χ2n) is 7.72. The Kier molecular flexibility index (Phi) is 5.67. The number of carbonyl (C=O) groups excluding carboxylic acids is 2. The Labute approximate surface area is 179 Å². The van der Waals surface area contributed by atoms with Crippen molar-refractivity contribution in [3.8, 4) is 0 Å². The third-order valence-electron chi connectivity index (χ3n) is 5.65. The monoisotopic (exact) mass is 428 g/mol. The highest BCUT2D eigenvalue weighted by Gasteiger charge is 2.30. The summed E-state index contributed by atoms with van der Waals surface area (Å²) in [6, 6.07) is 7.42. The predicted octanol–water partition coefficient (Wildman–Crippen LogP) is 3.30. The van der Waals surface area contributed by atoms with Crippen LogP contribution >= 0.6 is 11.6 Å². The molecule has 1 aliphatic heterocycles. The van der Waals surface area contributed by atoms with E-state index in [1.807, 2.05) is 31.2 Å². The number of hydrogen-bond donors (Lipinski definition) is 3. The van der Waals surface area contributed by atoms with Gasteiger partial charge in [-0.2, -0.15) is 0 Å². The van der Waals surface area contributed by atoms with Crippen molar-refractivity contribution in [2.45, 2.75) is 32.4 Å². The van der Waals surface area contributed by atoms with Crippen LogP contribution in [0.2, 0.25) is 5.02 Å². The van der Waals surface area contributed by atoms with E-state index in [1.54, 1.807) is 16.8 Å². The molecule has 3 amide bonds. The number of amides is 3. The summed E-state index contributed by atoms with van der Waals surface area (Å²) in [5.41, 5.74) is 3.09. The second-order valence-corrected chi connectivity index (χ2v) is 8.16. The normalized spacial score (nSPS) is 16.6. The number of benzene rings is 1. The number of nitrogens with one attached hydrogen (secondary N) is 3. The molecule has 1 atom stereocenters. The Bertz CT molecular complexity index is 1070. The van der Waals surface area contributed by atoms with Gasteiger partial charge in [-0.1, -0.05) is 11.6 Å². The molecule has 8 nitrogen and oxygen atoms in total. The summed E-state index contributed by atoms with van der Waals surface area (Å²) in [5.74, 6) is -0.0935. The van der Waals surface area contributed by atoms with Crippen LogP contribution in [0.25, 0.3) is 10.9 Å². The number of likely N-dealkylation sites (tertiary alicyclic amines) is 1. The van der Waals surface area contributed by atoms with Crippen molar-refractivity contribution in [3.63, 3.8) is 0 Å². The van der Waals surface area contributed by atoms with Gasteiger partial charge in [0, 0.05) is 47.5 Å². The number of likely N-dealkylation sites (N-methyl/N-ethyl adjacent to an activating group) is 1. The van der Waals surface area contributed by atoms with Crippen LogP contribution in [0, 0.1) is 6.92 Å². The third-order valence-corrected chi connectivity index (χ3v) is 5.89. The number of aryl methyl sites for hydroxylation is 1. The lowest BCUT2D eigenvalue weighted by atomic mass is 10.0. The Hall–Kier alpha value is -3.00. The number of halogens is 1. The number of imidazole rings is 1. The van der Waals surface area contributed by atoms with E-state index >= 15 is 0 Å². The summed E-state index contributed by atoms with van der Waals surface area (Å²) in [6.45, 7) is 3.39. The summed E-state index contributed by atoms with van der Waals surface area (Å²) in [7, 11) is 1.78. The maximum atomic E-state index is 12.8. The quantitative estimate of drug-likeness (QED) is 0.594. The molecular formula is C21H25ClN6O2. The van der Waals surface area contributed by atoms with Gasteiger partial charge in [-0.3, -0.25) is 4.79 Å². The van der Waals surface area contributed by atoms with Gasteiger partial charge in [0.15, 0.2) is 0 Å². The van der Waals surface area contributed by atoms with Crippen LogP contribution in [0.4, 0.5) is 4.79 Å². The summed E-state index contributed by atoms with van der Waals surface area (Å²) in [4.78, 5) is 39.3. The topological polar surface area (TPSA) is 97.1 Å². The first-order valence-corrected chi connectivity index (χ1v) is 10.4. The minimum Gasteiger partial charge on any atom is -0.357 e. The Balaban J connectivity index is 1.35. The average Bonchev–Trinajstić information content (AvgIpc) is 3.36. The maximum absolute atomic E-state index is 12.8. The summed E-state index contributed by atoms with van der Waals surface area (Å²) in [6.07, 6.45) is 3.24. The SMILES string of the molecule is Cc1[nH]cnc1C(=O)N1CCC[C@@H](N(C)C(=O)NCc2cc3cc(Cl)ccc3[nH]2)C1. The van der Waals surface area contributed by atoms with E-state index in [1.165, 1.54) is 6.33 Å². The lowest BCUT2D eigenvalue weighted by Crippen LogP contribution is -2.52. The van der Waals surface area contributed by atoms with E-state index in [0.717, 1.165) is 35.1 Å². The molecule has 0 unspecified atom stereocenters. The first-order valence-electron chi connectivity index (χ1n) is 9.99. The maximum Gasteiger partial charge on any atom is 0.317 e. The van der Waals surface area contributed by atoms with Crippen LogP contribution in [0.15, 0.2) is 30.6 Å². The highest BCUT2D eigenvalue weighted by atomic mass is 35.5. The summed E-state index contributed by atoms with van der Waals surface area (Å²) < 4.78 is 0. The van der Waals surface area contributed by atoms with Crippen LogP contribution in [0.3, 0.4) is 0 Å². The van der Waals surface area contributed by atoms with Gasteiger partial charge >= 0.3 is 6.03 Å². The Morgan fingerprint density at radius 2 is 2.20 bits per heavy atom. The number of hydrogen-bond acceptors (Lipinski definition) is 3. The zero-order valence-electron chi connectivity index (χ0n) is 17.0. The first-order chi connectivity index (χ1) is 14.4. The highest BCUT2D eigenvalue weighted by molar-refractivity contribution is 6.31. The lowest BCUT2D eigenvalue weighted by Gasteiger charge is -2.37. The van der Waals surface area contributed by atoms with Crippen LogP contribution < -0.4 is 5.32 Å². The molecule has 3 heterocycles. The smallest absolute Gasteiger partial charge is 0.317 e. The van der Waals surface area contributed by atoms with Crippen molar-refractivity contribution in [2.75, 3.05) is 20.1 Å². The highest BCUT2D eigenvalue weighted by Crippen LogP contribution is 2.21. The van der Waals surface area contributed by atoms with Gasteiger partial charge in [0.1, 0.15) is 5.69 Å². The van der Waals surface area contributed by atoms with E-state index in [9.17, 15) is 9.59 Å². The van der Waals surface area contributed by atoms with Crippen molar-refractivity contribution in [1.29, 1.82) is 0 Å². The molecule has 3 aromatic rings. The molecular weight excluding hydrogens is 404 g/mol. The average molecular weight is 429 g/mol. The van der Waals surface area contributed by atoms with Gasteiger partial charge < -0.3 is 25.1 Å². The summed E-state index contributed by atoms with van der Waals surface area (Å²) >= 11 is 6.03. The molecule has 0 aliphatic carbocycles. The van der Waals surface area contributed by atoms with Gasteiger partial charge in [-0.05, 0) is 44.0 Å². The molecule has 1 aromatic carbocycles. The minimum absolute atomic E-state index is 0.0385. The number of aromatic amines is 2. The van der Waals surface area contributed by atoms with Crippen molar-refractivity contribution in [2.24, 2.45) is 0 Å². The standard InChI is InChI=1S/C21H25ClN6O2/c1-13-19(25-12-24-13)20(29)28-7-3-4-17(11-28)27(2)21(30)23-10-16-9-14-8-15(22)5-6-18(14)26-16/h5-6,8-9,12,17,26H,3-4,7,10-11H2,1-2H3,(H,23,30)(H,24,25)/t17-/m1/s1. The molecule has 3 N–H and O–H groups in total. The largest absolute Gasteiger partial charge is 0.357 e. The van der Waals surface area contributed by atoms with Crippen molar-refractivity contribution >= 4 is 34.4 Å². The number of rotatable bonds is 4. The van der Waals surface area contributed by atoms with Crippen LogP contribution in [0.1, 0.15) is 34.7 Å². The molecule has 0 radical (unpaired) electrons. The number of urea groups is 1. The number of H-pyrrole nitrogens is 2. The molecule has 1 aliphatic rings. The second kappa shape index (κ2) is 8.39. The predicted molar refractivity (Wildman–Crippen MR) is 116 cm³/mol.